The molecular weight excluding hydrogens is 234 g/mol. The number of nitriles is 2. The molecule has 4 nitrogen and oxygen atoms in total. The lowest BCUT2D eigenvalue weighted by Crippen LogP contribution is -2.35. The molecule has 0 amide bonds. The Hall–Kier alpha value is -1.82. The van der Waals surface area contributed by atoms with Gasteiger partial charge in [0.25, 0.3) is 0 Å². The van der Waals surface area contributed by atoms with Crippen molar-refractivity contribution in [2.24, 2.45) is 0 Å². The van der Waals surface area contributed by atoms with Crippen LogP contribution >= 0.6 is 11.3 Å². The van der Waals surface area contributed by atoms with Crippen LogP contribution in [-0.4, -0.2) is 31.2 Å². The van der Waals surface area contributed by atoms with Crippen molar-refractivity contribution in [2.75, 3.05) is 26.3 Å². The van der Waals surface area contributed by atoms with Crippen molar-refractivity contribution in [3.63, 3.8) is 0 Å². The van der Waals surface area contributed by atoms with Gasteiger partial charge in [0.05, 0.1) is 23.8 Å². The molecule has 0 aliphatic carbocycles. The van der Waals surface area contributed by atoms with Crippen molar-refractivity contribution in [1.29, 1.82) is 10.5 Å². The molecular formula is C12H11N3OS. The van der Waals surface area contributed by atoms with Crippen molar-refractivity contribution in [2.45, 2.75) is 0 Å². The number of ether oxygens (including phenoxy) is 1. The Morgan fingerprint density at radius 3 is 2.53 bits per heavy atom. The quantitative estimate of drug-likeness (QED) is 0.746. The fourth-order valence-corrected chi connectivity index (χ4v) is 2.57. The molecule has 0 spiro atoms. The second kappa shape index (κ2) is 5.49. The molecule has 0 bridgehead atoms. The van der Waals surface area contributed by atoms with Gasteiger partial charge in [0, 0.05) is 13.1 Å². The van der Waals surface area contributed by atoms with Crippen molar-refractivity contribution < 1.29 is 4.74 Å². The van der Waals surface area contributed by atoms with Crippen LogP contribution in [0.25, 0.3) is 5.70 Å². The van der Waals surface area contributed by atoms with Crippen LogP contribution in [0.2, 0.25) is 0 Å². The molecule has 1 aliphatic rings. The molecule has 0 unspecified atom stereocenters. The van der Waals surface area contributed by atoms with Crippen molar-refractivity contribution in [3.05, 3.63) is 28.0 Å². The summed E-state index contributed by atoms with van der Waals surface area (Å²) in [7, 11) is 0. The predicted molar refractivity (Wildman–Crippen MR) is 64.9 cm³/mol. The molecule has 17 heavy (non-hydrogen) atoms. The molecule has 1 saturated heterocycles. The Balaban J connectivity index is 2.42. The van der Waals surface area contributed by atoms with E-state index in [-0.39, 0.29) is 5.57 Å². The van der Waals surface area contributed by atoms with E-state index in [1.165, 1.54) is 0 Å². The van der Waals surface area contributed by atoms with Crippen LogP contribution in [0.4, 0.5) is 0 Å². The molecule has 86 valence electrons. The van der Waals surface area contributed by atoms with E-state index in [1.54, 1.807) is 11.3 Å². The highest BCUT2D eigenvalue weighted by atomic mass is 32.1. The molecule has 1 aromatic rings. The fourth-order valence-electron chi connectivity index (χ4n) is 1.77. The Bertz CT molecular complexity index is 471. The molecule has 2 heterocycles. The largest absolute Gasteiger partial charge is 0.378 e. The van der Waals surface area contributed by atoms with Crippen molar-refractivity contribution >= 4 is 17.0 Å². The van der Waals surface area contributed by atoms with Gasteiger partial charge in [0.2, 0.25) is 0 Å². The van der Waals surface area contributed by atoms with E-state index in [4.69, 9.17) is 15.3 Å². The third-order valence-corrected chi connectivity index (χ3v) is 3.42. The maximum atomic E-state index is 9.04. The molecule has 2 rings (SSSR count). The standard InChI is InChI=1S/C12H11N3OS/c13-8-10(9-14)12(11-2-1-7-17-11)15-3-5-16-6-4-15/h1-2,7H,3-6H2. The average Bonchev–Trinajstić information content (AvgIpc) is 2.90. The zero-order valence-corrected chi connectivity index (χ0v) is 10.0. The number of rotatable bonds is 2. The molecule has 5 heteroatoms. The molecule has 0 atom stereocenters. The highest BCUT2D eigenvalue weighted by Crippen LogP contribution is 2.27. The minimum Gasteiger partial charge on any atom is -0.378 e. The molecule has 1 fully saturated rings. The topological polar surface area (TPSA) is 60.0 Å². The third kappa shape index (κ3) is 2.47. The maximum absolute atomic E-state index is 9.04. The molecule has 1 aromatic heterocycles. The van der Waals surface area contributed by atoms with Crippen LogP contribution in [0.1, 0.15) is 4.88 Å². The summed E-state index contributed by atoms with van der Waals surface area (Å²) >= 11 is 1.54. The number of morpholine rings is 1. The van der Waals surface area contributed by atoms with Gasteiger partial charge in [-0.3, -0.25) is 0 Å². The van der Waals surface area contributed by atoms with E-state index >= 15 is 0 Å². The minimum atomic E-state index is 0.175. The van der Waals surface area contributed by atoms with Crippen LogP contribution in [0, 0.1) is 22.7 Å². The normalized spacial score (nSPS) is 14.8. The molecule has 0 N–H and O–H groups in total. The van der Waals surface area contributed by atoms with Gasteiger partial charge in [0.15, 0.2) is 5.57 Å². The van der Waals surface area contributed by atoms with Crippen LogP contribution < -0.4 is 0 Å². The van der Waals surface area contributed by atoms with Gasteiger partial charge in [-0.25, -0.2) is 0 Å². The molecule has 1 aliphatic heterocycles. The summed E-state index contributed by atoms with van der Waals surface area (Å²) in [6.07, 6.45) is 0. The summed E-state index contributed by atoms with van der Waals surface area (Å²) in [5.74, 6) is 0. The summed E-state index contributed by atoms with van der Waals surface area (Å²) in [5.41, 5.74) is 0.919. The first-order valence-electron chi connectivity index (χ1n) is 5.28. The lowest BCUT2D eigenvalue weighted by atomic mass is 10.1. The monoisotopic (exact) mass is 245 g/mol. The van der Waals surface area contributed by atoms with E-state index in [9.17, 15) is 0 Å². The Morgan fingerprint density at radius 2 is 2.00 bits per heavy atom. The molecule has 0 radical (unpaired) electrons. The van der Waals surface area contributed by atoms with E-state index in [2.05, 4.69) is 4.90 Å². The van der Waals surface area contributed by atoms with Gasteiger partial charge in [-0.2, -0.15) is 10.5 Å². The van der Waals surface area contributed by atoms with E-state index in [1.807, 2.05) is 29.7 Å². The first kappa shape index (κ1) is 11.7. The SMILES string of the molecule is N#CC(C#N)=C(c1cccs1)N1CCOCC1. The summed E-state index contributed by atoms with van der Waals surface area (Å²) in [4.78, 5) is 3.02. The van der Waals surface area contributed by atoms with Gasteiger partial charge in [-0.15, -0.1) is 11.3 Å². The first-order valence-corrected chi connectivity index (χ1v) is 6.16. The number of allylic oxidation sites excluding steroid dienone is 1. The van der Waals surface area contributed by atoms with Gasteiger partial charge in [-0.05, 0) is 11.4 Å². The van der Waals surface area contributed by atoms with Gasteiger partial charge in [0.1, 0.15) is 12.1 Å². The zero-order chi connectivity index (χ0) is 12.1. The van der Waals surface area contributed by atoms with Crippen LogP contribution in [0.5, 0.6) is 0 Å². The summed E-state index contributed by atoms with van der Waals surface area (Å²) in [6.45, 7) is 2.72. The summed E-state index contributed by atoms with van der Waals surface area (Å²) < 4.78 is 5.29. The maximum Gasteiger partial charge on any atom is 0.154 e. The van der Waals surface area contributed by atoms with Crippen LogP contribution in [-0.2, 0) is 4.74 Å². The fraction of sp³-hybridized carbons (Fsp3) is 0.333. The smallest absolute Gasteiger partial charge is 0.154 e. The lowest BCUT2D eigenvalue weighted by molar-refractivity contribution is 0.0639. The number of nitrogens with zero attached hydrogens (tertiary/aromatic N) is 3. The van der Waals surface area contributed by atoms with E-state index in [0.717, 1.165) is 23.7 Å². The average molecular weight is 245 g/mol. The van der Waals surface area contributed by atoms with Crippen LogP contribution in [0.15, 0.2) is 23.1 Å². The first-order chi connectivity index (χ1) is 8.36. The second-order valence-corrected chi connectivity index (χ2v) is 4.47. The van der Waals surface area contributed by atoms with Crippen molar-refractivity contribution in [3.8, 4) is 12.1 Å². The summed E-state index contributed by atoms with van der Waals surface area (Å²) in [6, 6.07) is 7.82. The molecule has 0 aromatic carbocycles. The molecule has 0 saturated carbocycles. The number of hydrogen-bond acceptors (Lipinski definition) is 5. The highest BCUT2D eigenvalue weighted by Gasteiger charge is 2.20. The Labute approximate surface area is 104 Å². The zero-order valence-electron chi connectivity index (χ0n) is 9.22. The summed E-state index contributed by atoms with van der Waals surface area (Å²) in [5, 5.41) is 20.0. The van der Waals surface area contributed by atoms with Gasteiger partial charge < -0.3 is 9.64 Å². The highest BCUT2D eigenvalue weighted by molar-refractivity contribution is 7.11. The lowest BCUT2D eigenvalue weighted by Gasteiger charge is -2.30. The van der Waals surface area contributed by atoms with Gasteiger partial charge in [-0.1, -0.05) is 6.07 Å². The number of hydrogen-bond donors (Lipinski definition) is 0. The van der Waals surface area contributed by atoms with Gasteiger partial charge >= 0.3 is 0 Å². The van der Waals surface area contributed by atoms with Crippen LogP contribution in [0.3, 0.4) is 0 Å². The number of thiophene rings is 1. The Morgan fingerprint density at radius 1 is 1.29 bits per heavy atom. The third-order valence-electron chi connectivity index (χ3n) is 2.54. The van der Waals surface area contributed by atoms with E-state index < -0.39 is 0 Å². The minimum absolute atomic E-state index is 0.175. The second-order valence-electron chi connectivity index (χ2n) is 3.52. The Kier molecular flexibility index (Phi) is 3.77. The predicted octanol–water partition coefficient (Wildman–Crippen LogP) is 1.84. The van der Waals surface area contributed by atoms with E-state index in [0.29, 0.717) is 13.2 Å². The van der Waals surface area contributed by atoms with Crippen molar-refractivity contribution in [1.82, 2.24) is 4.90 Å².